The quantitative estimate of drug-likeness (QED) is 0.678. The summed E-state index contributed by atoms with van der Waals surface area (Å²) in [6.07, 6.45) is 1.52. The number of hydrogen-bond acceptors (Lipinski definition) is 5. The predicted octanol–water partition coefficient (Wildman–Crippen LogP) is 1.99. The van der Waals surface area contributed by atoms with E-state index in [1.54, 1.807) is 13.0 Å². The Kier molecular flexibility index (Phi) is 2.94. The molecule has 2 aromatic heterocycles. The molecule has 0 aliphatic rings. The van der Waals surface area contributed by atoms with Crippen LogP contribution in [0.2, 0.25) is 0 Å². The number of fused-ring (bicyclic) bond motifs is 1. The van der Waals surface area contributed by atoms with E-state index < -0.39 is 0 Å². The van der Waals surface area contributed by atoms with Crippen LogP contribution in [0.15, 0.2) is 24.5 Å². The van der Waals surface area contributed by atoms with Crippen LogP contribution in [0.3, 0.4) is 0 Å². The van der Waals surface area contributed by atoms with Gasteiger partial charge < -0.3 is 16.0 Å². The third kappa shape index (κ3) is 2.25. The van der Waals surface area contributed by atoms with Gasteiger partial charge in [-0.1, -0.05) is 12.1 Å². The van der Waals surface area contributed by atoms with Gasteiger partial charge in [0.05, 0.1) is 6.33 Å². The molecule has 20 heavy (non-hydrogen) atoms. The number of nitrogens with two attached hydrogens (primary N) is 1. The number of nitrogens with zero attached hydrogens (tertiary/aromatic N) is 3. The van der Waals surface area contributed by atoms with Gasteiger partial charge in [0.1, 0.15) is 11.3 Å². The Balaban J connectivity index is 1.86. The highest BCUT2D eigenvalue weighted by Gasteiger charge is 2.08. The maximum atomic E-state index is 13.5. The summed E-state index contributed by atoms with van der Waals surface area (Å²) in [4.78, 5) is 15.1. The normalized spacial score (nSPS) is 10.9. The summed E-state index contributed by atoms with van der Waals surface area (Å²) in [6, 6.07) is 5.10. The zero-order valence-corrected chi connectivity index (χ0v) is 10.8. The molecule has 6 nitrogen and oxygen atoms in total. The Bertz CT molecular complexity index is 767. The number of anilines is 2. The molecule has 0 atom stereocenters. The van der Waals surface area contributed by atoms with Crippen molar-refractivity contribution in [1.82, 2.24) is 19.9 Å². The fourth-order valence-corrected chi connectivity index (χ4v) is 1.91. The highest BCUT2D eigenvalue weighted by Crippen LogP contribution is 2.18. The summed E-state index contributed by atoms with van der Waals surface area (Å²) in [5, 5.41) is 3.11. The topological polar surface area (TPSA) is 92.5 Å². The third-order valence-electron chi connectivity index (χ3n) is 3.00. The van der Waals surface area contributed by atoms with Crippen LogP contribution >= 0.6 is 0 Å². The number of hydrogen-bond donors (Lipinski definition) is 3. The van der Waals surface area contributed by atoms with Gasteiger partial charge in [-0.15, -0.1) is 0 Å². The Morgan fingerprint density at radius 1 is 1.35 bits per heavy atom. The van der Waals surface area contributed by atoms with E-state index in [0.717, 1.165) is 5.56 Å². The fourth-order valence-electron chi connectivity index (χ4n) is 1.91. The molecule has 0 amide bonds. The van der Waals surface area contributed by atoms with Gasteiger partial charge in [-0.3, -0.25) is 0 Å². The first-order chi connectivity index (χ1) is 9.63. The number of nitrogen functional groups attached to an aromatic ring is 1. The van der Waals surface area contributed by atoms with E-state index in [1.807, 2.05) is 6.07 Å². The average molecular weight is 272 g/mol. The molecule has 0 unspecified atom stereocenters. The van der Waals surface area contributed by atoms with E-state index in [-0.39, 0.29) is 11.8 Å². The fraction of sp³-hybridized carbons (Fsp3) is 0.154. The molecular weight excluding hydrogens is 259 g/mol. The van der Waals surface area contributed by atoms with Crippen molar-refractivity contribution in [1.29, 1.82) is 0 Å². The molecule has 0 aliphatic carbocycles. The Morgan fingerprint density at radius 2 is 2.20 bits per heavy atom. The zero-order chi connectivity index (χ0) is 14.1. The summed E-state index contributed by atoms with van der Waals surface area (Å²) in [5.41, 5.74) is 8.23. The smallest absolute Gasteiger partial charge is 0.224 e. The second kappa shape index (κ2) is 4.76. The number of halogens is 1. The Hall–Kier alpha value is -2.70. The largest absolute Gasteiger partial charge is 0.368 e. The minimum absolute atomic E-state index is 0.141. The van der Waals surface area contributed by atoms with Crippen molar-refractivity contribution in [2.75, 3.05) is 11.1 Å². The molecule has 3 rings (SSSR count). The van der Waals surface area contributed by atoms with Crippen LogP contribution < -0.4 is 11.1 Å². The molecule has 0 bridgehead atoms. The highest BCUT2D eigenvalue weighted by molar-refractivity contribution is 5.83. The number of aryl methyl sites for hydroxylation is 1. The summed E-state index contributed by atoms with van der Waals surface area (Å²) in [7, 11) is 0. The molecule has 0 spiro atoms. The van der Waals surface area contributed by atoms with E-state index in [4.69, 9.17) is 5.73 Å². The lowest BCUT2D eigenvalue weighted by Gasteiger charge is -2.08. The molecule has 0 radical (unpaired) electrons. The van der Waals surface area contributed by atoms with Crippen molar-refractivity contribution < 1.29 is 4.39 Å². The summed E-state index contributed by atoms with van der Waals surface area (Å²) in [6.45, 7) is 2.16. The van der Waals surface area contributed by atoms with E-state index in [0.29, 0.717) is 29.1 Å². The zero-order valence-electron chi connectivity index (χ0n) is 10.8. The number of benzene rings is 1. The van der Waals surface area contributed by atoms with E-state index in [9.17, 15) is 4.39 Å². The van der Waals surface area contributed by atoms with Crippen LogP contribution in [0.4, 0.5) is 16.2 Å². The van der Waals surface area contributed by atoms with Crippen LogP contribution in [-0.4, -0.2) is 19.9 Å². The molecule has 4 N–H and O–H groups in total. The molecule has 7 heteroatoms. The van der Waals surface area contributed by atoms with Crippen LogP contribution in [0.25, 0.3) is 11.2 Å². The van der Waals surface area contributed by atoms with Crippen molar-refractivity contribution in [3.8, 4) is 0 Å². The third-order valence-corrected chi connectivity index (χ3v) is 3.00. The average Bonchev–Trinajstić information content (AvgIpc) is 2.88. The summed E-state index contributed by atoms with van der Waals surface area (Å²) in [5.74, 6) is 0.464. The molecule has 0 aliphatic heterocycles. The molecule has 0 saturated heterocycles. The second-order valence-corrected chi connectivity index (χ2v) is 4.47. The minimum atomic E-state index is -0.224. The number of aromatic nitrogens is 4. The lowest BCUT2D eigenvalue weighted by atomic mass is 10.1. The lowest BCUT2D eigenvalue weighted by Crippen LogP contribution is -2.05. The number of H-pyrrole nitrogens is 1. The van der Waals surface area contributed by atoms with Gasteiger partial charge in [0.15, 0.2) is 11.5 Å². The standard InChI is InChI=1S/C13H13FN6/c1-7-2-3-8(4-9(7)14)5-16-11-10-12(18-6-17-10)20-13(15)19-11/h2-4,6H,5H2,1H3,(H4,15,16,17,18,19,20). The maximum absolute atomic E-state index is 13.5. The molecule has 3 aromatic rings. The van der Waals surface area contributed by atoms with Crippen LogP contribution in [-0.2, 0) is 6.54 Å². The first kappa shape index (κ1) is 12.3. The van der Waals surface area contributed by atoms with Crippen LogP contribution in [0.1, 0.15) is 11.1 Å². The van der Waals surface area contributed by atoms with Crippen molar-refractivity contribution in [2.24, 2.45) is 0 Å². The van der Waals surface area contributed by atoms with Crippen molar-refractivity contribution in [2.45, 2.75) is 13.5 Å². The molecule has 1 aromatic carbocycles. The minimum Gasteiger partial charge on any atom is -0.368 e. The van der Waals surface area contributed by atoms with E-state index >= 15 is 0 Å². The Morgan fingerprint density at radius 3 is 3.00 bits per heavy atom. The Labute approximate surface area is 114 Å². The highest BCUT2D eigenvalue weighted by atomic mass is 19.1. The van der Waals surface area contributed by atoms with Crippen molar-refractivity contribution in [3.63, 3.8) is 0 Å². The maximum Gasteiger partial charge on any atom is 0.224 e. The van der Waals surface area contributed by atoms with Gasteiger partial charge in [0.2, 0.25) is 5.95 Å². The number of imidazole rings is 1. The number of rotatable bonds is 3. The van der Waals surface area contributed by atoms with Gasteiger partial charge in [0.25, 0.3) is 0 Å². The van der Waals surface area contributed by atoms with Crippen LogP contribution in [0, 0.1) is 12.7 Å². The molecule has 0 fully saturated rings. The predicted molar refractivity (Wildman–Crippen MR) is 74.6 cm³/mol. The number of nitrogens with one attached hydrogen (secondary N) is 2. The first-order valence-corrected chi connectivity index (χ1v) is 6.09. The van der Waals surface area contributed by atoms with Crippen molar-refractivity contribution >= 4 is 22.9 Å². The molecule has 0 saturated carbocycles. The van der Waals surface area contributed by atoms with Gasteiger partial charge in [-0.25, -0.2) is 9.37 Å². The van der Waals surface area contributed by atoms with Crippen LogP contribution in [0.5, 0.6) is 0 Å². The van der Waals surface area contributed by atoms with E-state index in [1.165, 1.54) is 12.4 Å². The monoisotopic (exact) mass is 272 g/mol. The first-order valence-electron chi connectivity index (χ1n) is 6.09. The molecule has 102 valence electrons. The molecule has 2 heterocycles. The van der Waals surface area contributed by atoms with Crippen molar-refractivity contribution in [3.05, 3.63) is 41.5 Å². The summed E-state index contributed by atoms with van der Waals surface area (Å²) < 4.78 is 13.5. The summed E-state index contributed by atoms with van der Waals surface area (Å²) >= 11 is 0. The van der Waals surface area contributed by atoms with Gasteiger partial charge >= 0.3 is 0 Å². The SMILES string of the molecule is Cc1ccc(CNc2nc(N)nc3nc[nH]c23)cc1F. The van der Waals surface area contributed by atoms with E-state index in [2.05, 4.69) is 25.3 Å². The second-order valence-electron chi connectivity index (χ2n) is 4.47. The van der Waals surface area contributed by atoms with Gasteiger partial charge in [-0.05, 0) is 24.1 Å². The van der Waals surface area contributed by atoms with Gasteiger partial charge in [-0.2, -0.15) is 9.97 Å². The lowest BCUT2D eigenvalue weighted by molar-refractivity contribution is 0.616. The number of aromatic amines is 1. The molecular formula is C13H13FN6. The van der Waals surface area contributed by atoms with Gasteiger partial charge in [0, 0.05) is 6.54 Å².